The summed E-state index contributed by atoms with van der Waals surface area (Å²) in [6.45, 7) is 1.07. The average Bonchev–Trinajstić information content (AvgIpc) is 2.43. The Hall–Kier alpha value is -1.91. The van der Waals surface area contributed by atoms with Gasteiger partial charge >= 0.3 is 0 Å². The molecule has 1 amide bonds. The predicted octanol–water partition coefficient (Wildman–Crippen LogP) is 2.87. The van der Waals surface area contributed by atoms with E-state index in [0.717, 1.165) is 11.1 Å². The fourth-order valence-electron chi connectivity index (χ4n) is 1.84. The topological polar surface area (TPSA) is 55.1 Å². The molecular formula is C15H14ClFN2O. The summed E-state index contributed by atoms with van der Waals surface area (Å²) < 4.78 is 13.3. The Balaban J connectivity index is 1.94. The Morgan fingerprint density at radius 3 is 2.50 bits per heavy atom. The standard InChI is InChI=1S/C15H14ClFN2O/c16-13-5-4-11(7-14(13)17)9-19-8-10-2-1-3-12(6-10)15(18)20/h1-7,19H,8-9H2,(H2,18,20). The number of primary amides is 1. The van der Waals surface area contributed by atoms with E-state index in [9.17, 15) is 9.18 Å². The third kappa shape index (κ3) is 3.79. The number of hydrogen-bond acceptors (Lipinski definition) is 2. The van der Waals surface area contributed by atoms with E-state index in [1.165, 1.54) is 12.1 Å². The monoisotopic (exact) mass is 292 g/mol. The average molecular weight is 293 g/mol. The van der Waals surface area contributed by atoms with E-state index in [0.29, 0.717) is 18.7 Å². The van der Waals surface area contributed by atoms with Crippen molar-refractivity contribution in [3.8, 4) is 0 Å². The molecule has 2 aromatic carbocycles. The van der Waals surface area contributed by atoms with E-state index in [1.54, 1.807) is 24.3 Å². The van der Waals surface area contributed by atoms with Gasteiger partial charge < -0.3 is 11.1 Å². The van der Waals surface area contributed by atoms with Crippen molar-refractivity contribution in [2.24, 2.45) is 5.73 Å². The maximum absolute atomic E-state index is 13.3. The summed E-state index contributed by atoms with van der Waals surface area (Å²) in [4.78, 5) is 11.1. The molecule has 0 aliphatic rings. The van der Waals surface area contributed by atoms with Crippen molar-refractivity contribution >= 4 is 17.5 Å². The maximum atomic E-state index is 13.3. The second-order valence-electron chi connectivity index (χ2n) is 4.42. The highest BCUT2D eigenvalue weighted by molar-refractivity contribution is 6.30. The first-order chi connectivity index (χ1) is 9.56. The molecule has 0 aromatic heterocycles. The van der Waals surface area contributed by atoms with Gasteiger partial charge in [0.2, 0.25) is 5.91 Å². The summed E-state index contributed by atoms with van der Waals surface area (Å²) in [5.41, 5.74) is 7.44. The van der Waals surface area contributed by atoms with Crippen LogP contribution in [0.1, 0.15) is 21.5 Å². The van der Waals surface area contributed by atoms with Crippen molar-refractivity contribution in [1.82, 2.24) is 5.32 Å². The van der Waals surface area contributed by atoms with Gasteiger partial charge in [-0.05, 0) is 35.4 Å². The van der Waals surface area contributed by atoms with Crippen LogP contribution in [0, 0.1) is 5.82 Å². The second-order valence-corrected chi connectivity index (χ2v) is 4.82. The molecule has 0 aliphatic carbocycles. The first-order valence-corrected chi connectivity index (χ1v) is 6.47. The SMILES string of the molecule is NC(=O)c1cccc(CNCc2ccc(Cl)c(F)c2)c1. The quantitative estimate of drug-likeness (QED) is 0.890. The zero-order chi connectivity index (χ0) is 14.5. The molecule has 0 saturated carbocycles. The molecule has 0 saturated heterocycles. The summed E-state index contributed by atoms with van der Waals surface area (Å²) in [6, 6.07) is 11.8. The van der Waals surface area contributed by atoms with Crippen molar-refractivity contribution in [2.75, 3.05) is 0 Å². The van der Waals surface area contributed by atoms with Gasteiger partial charge in [0, 0.05) is 18.7 Å². The second kappa shape index (κ2) is 6.50. The van der Waals surface area contributed by atoms with Gasteiger partial charge in [-0.25, -0.2) is 4.39 Å². The zero-order valence-electron chi connectivity index (χ0n) is 10.7. The molecule has 0 fully saturated rings. The number of benzene rings is 2. The molecule has 5 heteroatoms. The zero-order valence-corrected chi connectivity index (χ0v) is 11.5. The molecule has 0 bridgehead atoms. The van der Waals surface area contributed by atoms with E-state index in [-0.39, 0.29) is 5.02 Å². The molecule has 0 aliphatic heterocycles. The van der Waals surface area contributed by atoms with Gasteiger partial charge in [-0.1, -0.05) is 29.8 Å². The van der Waals surface area contributed by atoms with Gasteiger partial charge in [-0.3, -0.25) is 4.79 Å². The van der Waals surface area contributed by atoms with E-state index in [1.807, 2.05) is 6.07 Å². The van der Waals surface area contributed by atoms with Crippen LogP contribution in [0.2, 0.25) is 5.02 Å². The number of hydrogen-bond donors (Lipinski definition) is 2. The molecule has 2 aromatic rings. The van der Waals surface area contributed by atoms with Crippen LogP contribution < -0.4 is 11.1 Å². The molecule has 104 valence electrons. The molecule has 20 heavy (non-hydrogen) atoms. The summed E-state index contributed by atoms with van der Waals surface area (Å²) in [5.74, 6) is -0.881. The van der Waals surface area contributed by atoms with Crippen LogP contribution in [0.15, 0.2) is 42.5 Å². The van der Waals surface area contributed by atoms with Gasteiger partial charge in [-0.2, -0.15) is 0 Å². The number of rotatable bonds is 5. The van der Waals surface area contributed by atoms with Crippen LogP contribution in [-0.4, -0.2) is 5.91 Å². The molecule has 0 heterocycles. The molecule has 0 spiro atoms. The lowest BCUT2D eigenvalue weighted by Crippen LogP contribution is -2.15. The van der Waals surface area contributed by atoms with E-state index in [4.69, 9.17) is 17.3 Å². The van der Waals surface area contributed by atoms with E-state index >= 15 is 0 Å². The molecule has 3 N–H and O–H groups in total. The molecule has 0 atom stereocenters. The number of amides is 1. The van der Waals surface area contributed by atoms with Crippen LogP contribution in [0.3, 0.4) is 0 Å². The highest BCUT2D eigenvalue weighted by atomic mass is 35.5. The minimum Gasteiger partial charge on any atom is -0.366 e. The highest BCUT2D eigenvalue weighted by Crippen LogP contribution is 2.15. The van der Waals surface area contributed by atoms with Crippen LogP contribution in [0.4, 0.5) is 4.39 Å². The minimum atomic E-state index is -0.452. The summed E-state index contributed by atoms with van der Waals surface area (Å²) >= 11 is 5.62. The lowest BCUT2D eigenvalue weighted by Gasteiger charge is -2.07. The Morgan fingerprint density at radius 2 is 1.85 bits per heavy atom. The van der Waals surface area contributed by atoms with Crippen LogP contribution in [0.25, 0.3) is 0 Å². The van der Waals surface area contributed by atoms with Crippen molar-refractivity contribution in [3.63, 3.8) is 0 Å². The number of nitrogens with two attached hydrogens (primary N) is 1. The van der Waals surface area contributed by atoms with Gasteiger partial charge in [0.15, 0.2) is 0 Å². The Kier molecular flexibility index (Phi) is 4.71. The van der Waals surface area contributed by atoms with Crippen molar-refractivity contribution in [1.29, 1.82) is 0 Å². The minimum absolute atomic E-state index is 0.114. The third-order valence-corrected chi connectivity index (χ3v) is 3.16. The highest BCUT2D eigenvalue weighted by Gasteiger charge is 2.03. The molecule has 3 nitrogen and oxygen atoms in total. The largest absolute Gasteiger partial charge is 0.366 e. The fourth-order valence-corrected chi connectivity index (χ4v) is 1.95. The van der Waals surface area contributed by atoms with E-state index < -0.39 is 11.7 Å². The number of nitrogens with one attached hydrogen (secondary N) is 1. The number of halogens is 2. The Morgan fingerprint density at radius 1 is 1.15 bits per heavy atom. The smallest absolute Gasteiger partial charge is 0.248 e. The van der Waals surface area contributed by atoms with Gasteiger partial charge in [0.1, 0.15) is 5.82 Å². The lowest BCUT2D eigenvalue weighted by molar-refractivity contribution is 0.1000. The maximum Gasteiger partial charge on any atom is 0.248 e. The van der Waals surface area contributed by atoms with E-state index in [2.05, 4.69) is 5.32 Å². The first-order valence-electron chi connectivity index (χ1n) is 6.09. The fraction of sp³-hybridized carbons (Fsp3) is 0.133. The normalized spacial score (nSPS) is 10.5. The van der Waals surface area contributed by atoms with Crippen LogP contribution in [0.5, 0.6) is 0 Å². The van der Waals surface area contributed by atoms with Gasteiger partial charge in [0.05, 0.1) is 5.02 Å². The number of carbonyl (C=O) groups is 1. The first kappa shape index (κ1) is 14.5. The lowest BCUT2D eigenvalue weighted by atomic mass is 10.1. The van der Waals surface area contributed by atoms with Crippen LogP contribution in [-0.2, 0) is 13.1 Å². The third-order valence-electron chi connectivity index (χ3n) is 2.85. The van der Waals surface area contributed by atoms with Gasteiger partial charge in [-0.15, -0.1) is 0 Å². The Labute approximate surface area is 121 Å². The summed E-state index contributed by atoms with van der Waals surface area (Å²) in [6.07, 6.45) is 0. The molecule has 2 rings (SSSR count). The van der Waals surface area contributed by atoms with Gasteiger partial charge in [0.25, 0.3) is 0 Å². The van der Waals surface area contributed by atoms with Crippen molar-refractivity contribution in [3.05, 3.63) is 70.0 Å². The van der Waals surface area contributed by atoms with Crippen molar-refractivity contribution < 1.29 is 9.18 Å². The van der Waals surface area contributed by atoms with Crippen molar-refractivity contribution in [2.45, 2.75) is 13.1 Å². The Bertz CT molecular complexity index is 631. The molecular weight excluding hydrogens is 279 g/mol. The number of carbonyl (C=O) groups excluding carboxylic acids is 1. The molecule has 0 radical (unpaired) electrons. The summed E-state index contributed by atoms with van der Waals surface area (Å²) in [5, 5.41) is 3.28. The molecule has 0 unspecified atom stereocenters. The predicted molar refractivity (Wildman–Crippen MR) is 76.9 cm³/mol. The summed E-state index contributed by atoms with van der Waals surface area (Å²) in [7, 11) is 0. The van der Waals surface area contributed by atoms with Crippen LogP contribution >= 0.6 is 11.6 Å².